The van der Waals surface area contributed by atoms with Crippen molar-refractivity contribution in [1.29, 1.82) is 0 Å². The fraction of sp³-hybridized carbons (Fsp3) is 0.944. The summed E-state index contributed by atoms with van der Waals surface area (Å²) in [6, 6.07) is 0. The van der Waals surface area contributed by atoms with Crippen molar-refractivity contribution < 1.29 is 9.53 Å². The van der Waals surface area contributed by atoms with Crippen molar-refractivity contribution in [3.8, 4) is 0 Å². The highest BCUT2D eigenvalue weighted by Crippen LogP contribution is 2.11. The lowest BCUT2D eigenvalue weighted by atomic mass is 10.0. The van der Waals surface area contributed by atoms with Crippen molar-refractivity contribution in [2.75, 3.05) is 6.61 Å². The lowest BCUT2D eigenvalue weighted by Crippen LogP contribution is -2.05. The summed E-state index contributed by atoms with van der Waals surface area (Å²) in [7, 11) is 0. The van der Waals surface area contributed by atoms with Gasteiger partial charge in [-0.3, -0.25) is 4.79 Å². The highest BCUT2D eigenvalue weighted by molar-refractivity contribution is 5.69. The summed E-state index contributed by atoms with van der Waals surface area (Å²) >= 11 is 0. The van der Waals surface area contributed by atoms with Crippen LogP contribution in [0.3, 0.4) is 0 Å². The van der Waals surface area contributed by atoms with E-state index in [1.807, 2.05) is 0 Å². The molecular formula is C18H36O2. The summed E-state index contributed by atoms with van der Waals surface area (Å²) in [6.45, 7) is 9.62. The van der Waals surface area contributed by atoms with Crippen LogP contribution in [0.5, 0.6) is 0 Å². The number of ether oxygens (including phenoxy) is 1. The molecule has 0 aliphatic rings. The number of hydrogen-bond donors (Lipinski definition) is 0. The van der Waals surface area contributed by atoms with E-state index in [9.17, 15) is 4.79 Å². The molecule has 0 unspecified atom stereocenters. The normalized spacial score (nSPS) is 11.3. The maximum absolute atomic E-state index is 11.5. The van der Waals surface area contributed by atoms with Crippen molar-refractivity contribution in [2.45, 2.75) is 91.9 Å². The smallest absolute Gasteiger partial charge is 0.305 e. The van der Waals surface area contributed by atoms with Gasteiger partial charge in [-0.05, 0) is 24.7 Å². The molecule has 120 valence electrons. The van der Waals surface area contributed by atoms with Crippen molar-refractivity contribution in [3.05, 3.63) is 0 Å². The van der Waals surface area contributed by atoms with Crippen molar-refractivity contribution in [2.24, 2.45) is 11.8 Å². The Labute approximate surface area is 126 Å². The predicted octanol–water partition coefficient (Wildman–Crippen LogP) is 5.74. The number of carbonyl (C=O) groups is 1. The zero-order valence-corrected chi connectivity index (χ0v) is 14.2. The maximum Gasteiger partial charge on any atom is 0.305 e. The average Bonchev–Trinajstić information content (AvgIpc) is 2.37. The fourth-order valence-electron chi connectivity index (χ4n) is 2.27. The second kappa shape index (κ2) is 13.5. The fourth-order valence-corrected chi connectivity index (χ4v) is 2.27. The molecule has 0 amide bonds. The van der Waals surface area contributed by atoms with Crippen LogP contribution in [-0.4, -0.2) is 12.6 Å². The lowest BCUT2D eigenvalue weighted by Gasteiger charge is -2.06. The maximum atomic E-state index is 11.5. The van der Waals surface area contributed by atoms with Gasteiger partial charge in [0.05, 0.1) is 6.61 Å². The Bertz CT molecular complexity index is 221. The molecule has 0 spiro atoms. The van der Waals surface area contributed by atoms with Crippen LogP contribution in [0.4, 0.5) is 0 Å². The zero-order chi connectivity index (χ0) is 15.2. The van der Waals surface area contributed by atoms with E-state index in [0.29, 0.717) is 13.0 Å². The highest BCUT2D eigenvalue weighted by atomic mass is 16.5. The Balaban J connectivity index is 3.19. The largest absolute Gasteiger partial charge is 0.466 e. The monoisotopic (exact) mass is 284 g/mol. The lowest BCUT2D eigenvalue weighted by molar-refractivity contribution is -0.143. The summed E-state index contributed by atoms with van der Waals surface area (Å²) in [5.41, 5.74) is 0. The Morgan fingerprint density at radius 2 is 1.25 bits per heavy atom. The molecule has 0 bridgehead atoms. The second-order valence-electron chi connectivity index (χ2n) is 6.81. The Hall–Kier alpha value is -0.530. The molecule has 0 heterocycles. The first-order valence-electron chi connectivity index (χ1n) is 8.68. The second-order valence-corrected chi connectivity index (χ2v) is 6.81. The molecule has 0 aromatic carbocycles. The molecule has 0 saturated heterocycles. The van der Waals surface area contributed by atoms with Gasteiger partial charge in [-0.25, -0.2) is 0 Å². The SMILES string of the molecule is CC(C)CCCCCCCOC(=O)CCCCC(C)C. The van der Waals surface area contributed by atoms with Crippen LogP contribution in [0, 0.1) is 11.8 Å². The predicted molar refractivity (Wildman–Crippen MR) is 86.8 cm³/mol. The van der Waals surface area contributed by atoms with Crippen LogP contribution in [0.2, 0.25) is 0 Å². The summed E-state index contributed by atoms with van der Waals surface area (Å²) < 4.78 is 5.25. The van der Waals surface area contributed by atoms with Gasteiger partial charge in [0.25, 0.3) is 0 Å². The molecule has 0 atom stereocenters. The van der Waals surface area contributed by atoms with E-state index in [1.54, 1.807) is 0 Å². The van der Waals surface area contributed by atoms with E-state index in [2.05, 4.69) is 27.7 Å². The number of hydrogen-bond acceptors (Lipinski definition) is 2. The first kappa shape index (κ1) is 19.5. The summed E-state index contributed by atoms with van der Waals surface area (Å²) in [4.78, 5) is 11.5. The van der Waals surface area contributed by atoms with E-state index in [4.69, 9.17) is 4.74 Å². The number of carbonyl (C=O) groups excluding carboxylic acids is 1. The zero-order valence-electron chi connectivity index (χ0n) is 14.2. The van der Waals surface area contributed by atoms with E-state index in [1.165, 1.54) is 38.5 Å². The van der Waals surface area contributed by atoms with E-state index >= 15 is 0 Å². The van der Waals surface area contributed by atoms with Crippen LogP contribution in [-0.2, 0) is 9.53 Å². The van der Waals surface area contributed by atoms with Crippen molar-refractivity contribution >= 4 is 5.97 Å². The Kier molecular flexibility index (Phi) is 13.1. The molecule has 0 aliphatic heterocycles. The minimum atomic E-state index is -0.00596. The van der Waals surface area contributed by atoms with Crippen LogP contribution in [0.1, 0.15) is 91.9 Å². The first-order valence-corrected chi connectivity index (χ1v) is 8.68. The number of esters is 1. The molecule has 0 saturated carbocycles. The third-order valence-corrected chi connectivity index (χ3v) is 3.60. The summed E-state index contributed by atoms with van der Waals surface area (Å²) in [5.74, 6) is 1.56. The highest BCUT2D eigenvalue weighted by Gasteiger charge is 2.03. The average molecular weight is 284 g/mol. The van der Waals surface area contributed by atoms with E-state index in [-0.39, 0.29) is 5.97 Å². The van der Waals surface area contributed by atoms with Crippen LogP contribution in [0.15, 0.2) is 0 Å². The van der Waals surface area contributed by atoms with E-state index in [0.717, 1.165) is 31.1 Å². The van der Waals surface area contributed by atoms with Gasteiger partial charge in [0.2, 0.25) is 0 Å². The van der Waals surface area contributed by atoms with Gasteiger partial charge in [-0.15, -0.1) is 0 Å². The first-order chi connectivity index (χ1) is 9.52. The van der Waals surface area contributed by atoms with Gasteiger partial charge >= 0.3 is 5.97 Å². The van der Waals surface area contributed by atoms with Gasteiger partial charge in [-0.2, -0.15) is 0 Å². The molecule has 0 rings (SSSR count). The Morgan fingerprint density at radius 1 is 0.750 bits per heavy atom. The molecular weight excluding hydrogens is 248 g/mol. The van der Waals surface area contributed by atoms with Gasteiger partial charge in [-0.1, -0.05) is 72.6 Å². The topological polar surface area (TPSA) is 26.3 Å². The quantitative estimate of drug-likeness (QED) is 0.318. The third-order valence-electron chi connectivity index (χ3n) is 3.60. The minimum Gasteiger partial charge on any atom is -0.466 e. The van der Waals surface area contributed by atoms with Crippen molar-refractivity contribution in [1.82, 2.24) is 0 Å². The molecule has 0 radical (unpaired) electrons. The minimum absolute atomic E-state index is 0.00596. The van der Waals surface area contributed by atoms with Gasteiger partial charge in [0.15, 0.2) is 0 Å². The van der Waals surface area contributed by atoms with Crippen LogP contribution in [0.25, 0.3) is 0 Å². The standard InChI is InChI=1S/C18H36O2/c1-16(2)12-8-6-5-7-11-15-20-18(19)14-10-9-13-17(3)4/h16-17H,5-15H2,1-4H3. The molecule has 0 aliphatic carbocycles. The number of unbranched alkanes of at least 4 members (excludes halogenated alkanes) is 5. The van der Waals surface area contributed by atoms with Gasteiger partial charge < -0.3 is 4.74 Å². The Morgan fingerprint density at radius 3 is 1.85 bits per heavy atom. The summed E-state index contributed by atoms with van der Waals surface area (Å²) in [5, 5.41) is 0. The summed E-state index contributed by atoms with van der Waals surface area (Å²) in [6.07, 6.45) is 11.4. The van der Waals surface area contributed by atoms with E-state index < -0.39 is 0 Å². The van der Waals surface area contributed by atoms with Gasteiger partial charge in [0, 0.05) is 6.42 Å². The molecule has 0 aromatic rings. The number of rotatable bonds is 13. The molecule has 0 fully saturated rings. The molecule has 0 N–H and O–H groups in total. The van der Waals surface area contributed by atoms with Gasteiger partial charge in [0.1, 0.15) is 0 Å². The molecule has 2 nitrogen and oxygen atoms in total. The van der Waals surface area contributed by atoms with Crippen LogP contribution < -0.4 is 0 Å². The van der Waals surface area contributed by atoms with Crippen molar-refractivity contribution in [3.63, 3.8) is 0 Å². The molecule has 0 aromatic heterocycles. The van der Waals surface area contributed by atoms with Crippen LogP contribution >= 0.6 is 0 Å². The molecule has 20 heavy (non-hydrogen) atoms. The molecule has 2 heteroatoms. The third kappa shape index (κ3) is 15.5.